The first-order valence-corrected chi connectivity index (χ1v) is 19.7. The van der Waals surface area contributed by atoms with Crippen LogP contribution in [0.1, 0.15) is 108 Å². The van der Waals surface area contributed by atoms with Crippen LogP contribution in [0.2, 0.25) is 0 Å². The number of hydrogen-bond acceptors (Lipinski definition) is 4. The summed E-state index contributed by atoms with van der Waals surface area (Å²) >= 11 is 1.86. The number of aliphatic hydroxyl groups is 1. The molecule has 0 aliphatic carbocycles. The number of carbonyl (C=O) groups is 1. The number of fused-ring (bicyclic) bond motifs is 4. The Morgan fingerprint density at radius 2 is 1.38 bits per heavy atom. The van der Waals surface area contributed by atoms with Gasteiger partial charge in [-0.25, -0.2) is 0 Å². The molecule has 5 heteroatoms. The Morgan fingerprint density at radius 1 is 0.788 bits per heavy atom. The molecule has 52 heavy (non-hydrogen) atoms. The average molecular weight is 897 g/mol. The molecule has 0 saturated heterocycles. The van der Waals surface area contributed by atoms with E-state index < -0.39 is 0 Å². The van der Waals surface area contributed by atoms with Crippen LogP contribution in [0.25, 0.3) is 42.2 Å². The molecule has 3 aromatic carbocycles. The molecular formula is C47H62IrNO2S-. The second kappa shape index (κ2) is 17.5. The Balaban J connectivity index is 0.000000317. The Morgan fingerprint density at radius 3 is 1.94 bits per heavy atom. The largest absolute Gasteiger partial charge is 0.512 e. The van der Waals surface area contributed by atoms with Gasteiger partial charge in [0.25, 0.3) is 0 Å². The Bertz CT molecular complexity index is 1990. The molecule has 0 bridgehead atoms. The zero-order valence-electron chi connectivity index (χ0n) is 34.1. The molecule has 0 unspecified atom stereocenters. The predicted octanol–water partition coefficient (Wildman–Crippen LogP) is 13.8. The Hall–Kier alpha value is -2.85. The fourth-order valence-electron chi connectivity index (χ4n) is 7.86. The van der Waals surface area contributed by atoms with E-state index in [1.807, 2.05) is 17.5 Å². The van der Waals surface area contributed by atoms with Crippen LogP contribution in [-0.2, 0) is 36.7 Å². The number of aromatic nitrogens is 1. The van der Waals surface area contributed by atoms with Gasteiger partial charge in [-0.3, -0.25) is 9.78 Å². The number of benzene rings is 3. The van der Waals surface area contributed by atoms with Crippen LogP contribution in [0.4, 0.5) is 0 Å². The molecule has 283 valence electrons. The van der Waals surface area contributed by atoms with Gasteiger partial charge in [-0.1, -0.05) is 138 Å². The van der Waals surface area contributed by atoms with E-state index in [2.05, 4.69) is 158 Å². The van der Waals surface area contributed by atoms with Gasteiger partial charge < -0.3 is 5.11 Å². The van der Waals surface area contributed by atoms with Gasteiger partial charge in [-0.05, 0) is 69.4 Å². The first-order chi connectivity index (χ1) is 23.7. The van der Waals surface area contributed by atoms with E-state index in [1.165, 1.54) is 42.8 Å². The number of ketones is 1. The van der Waals surface area contributed by atoms with Gasteiger partial charge in [0, 0.05) is 59.3 Å². The maximum absolute atomic E-state index is 12.3. The van der Waals surface area contributed by atoms with Crippen molar-refractivity contribution in [1.82, 2.24) is 4.98 Å². The molecule has 0 aliphatic rings. The standard InChI is InChI=1S/C30H30NS.C17H32O2.Ir/c1-29(2,3)18-19-11-12-23-24-13-14-31-27(28(24)32-26(23)15-19)21-16-20-9-7-8-10-22(20)25(17-21)30(4,5)6;1-10(2)16(11(3)4)14(18)9-15(19)17(12(5)6)13(7)8;/h7-15,17H,18H2,1-6H3;9-13,16-18H,1-8H3;/q-1;;/b;14-9-;. The summed E-state index contributed by atoms with van der Waals surface area (Å²) in [6.45, 7) is 30.3. The van der Waals surface area contributed by atoms with Crippen LogP contribution in [0.15, 0.2) is 72.6 Å². The molecule has 0 aliphatic heterocycles. The van der Waals surface area contributed by atoms with Crippen molar-refractivity contribution < 1.29 is 30.0 Å². The van der Waals surface area contributed by atoms with Crippen molar-refractivity contribution in [3.05, 3.63) is 89.8 Å². The number of thiophene rings is 1. The summed E-state index contributed by atoms with van der Waals surface area (Å²) in [5, 5.41) is 15.3. The number of hydrogen-bond donors (Lipinski definition) is 1. The number of pyridine rings is 1. The summed E-state index contributed by atoms with van der Waals surface area (Å²) in [6, 6.07) is 23.7. The topological polar surface area (TPSA) is 50.2 Å². The number of carbonyl (C=O) groups excluding carboxylic acids is 1. The third-order valence-corrected chi connectivity index (χ3v) is 11.0. The second-order valence-electron chi connectivity index (χ2n) is 18.1. The molecule has 5 aromatic rings. The van der Waals surface area contributed by atoms with E-state index in [0.717, 1.165) is 23.1 Å². The molecule has 2 aromatic heterocycles. The predicted molar refractivity (Wildman–Crippen MR) is 223 cm³/mol. The molecule has 3 nitrogen and oxygen atoms in total. The van der Waals surface area contributed by atoms with E-state index in [9.17, 15) is 9.90 Å². The van der Waals surface area contributed by atoms with E-state index in [0.29, 0.717) is 23.7 Å². The maximum atomic E-state index is 12.3. The molecule has 0 saturated carbocycles. The molecule has 0 spiro atoms. The van der Waals surface area contributed by atoms with Crippen molar-refractivity contribution in [2.45, 2.75) is 109 Å². The monoisotopic (exact) mass is 897 g/mol. The van der Waals surface area contributed by atoms with Crippen molar-refractivity contribution >= 4 is 48.1 Å². The summed E-state index contributed by atoms with van der Waals surface area (Å²) in [4.78, 5) is 17.2. The molecule has 5 rings (SSSR count). The molecular weight excluding hydrogens is 835 g/mol. The minimum atomic E-state index is -0.0119. The van der Waals surface area contributed by atoms with Gasteiger partial charge in [0.1, 0.15) is 0 Å². The fourth-order valence-corrected chi connectivity index (χ4v) is 9.12. The van der Waals surface area contributed by atoms with Crippen LogP contribution in [-0.4, -0.2) is 15.9 Å². The van der Waals surface area contributed by atoms with Crippen LogP contribution >= 0.6 is 11.3 Å². The minimum absolute atomic E-state index is 0. The first kappa shape index (κ1) is 43.6. The summed E-state index contributed by atoms with van der Waals surface area (Å²) in [5.74, 6) is 1.63. The van der Waals surface area contributed by atoms with Gasteiger partial charge in [-0.15, -0.1) is 40.5 Å². The molecule has 0 atom stereocenters. The number of rotatable bonds is 9. The Kier molecular flexibility index (Phi) is 14.7. The van der Waals surface area contributed by atoms with Gasteiger partial charge in [-0.2, -0.15) is 0 Å². The van der Waals surface area contributed by atoms with Crippen LogP contribution < -0.4 is 0 Å². The van der Waals surface area contributed by atoms with Crippen molar-refractivity contribution in [3.8, 4) is 11.3 Å². The summed E-state index contributed by atoms with van der Waals surface area (Å²) in [6.07, 6.45) is 4.51. The molecule has 2 heterocycles. The summed E-state index contributed by atoms with van der Waals surface area (Å²) < 4.78 is 2.59. The normalized spacial score (nSPS) is 12.9. The number of nitrogens with zero attached hydrogens (tertiary/aromatic N) is 1. The minimum Gasteiger partial charge on any atom is -0.512 e. The van der Waals surface area contributed by atoms with E-state index in [4.69, 9.17) is 4.98 Å². The summed E-state index contributed by atoms with van der Waals surface area (Å²) in [5.41, 5.74) is 5.19. The van der Waals surface area contributed by atoms with E-state index in [1.54, 1.807) is 0 Å². The van der Waals surface area contributed by atoms with Gasteiger partial charge in [0.15, 0.2) is 5.78 Å². The first-order valence-electron chi connectivity index (χ1n) is 18.9. The number of allylic oxidation sites excluding steroid dienone is 2. The third-order valence-electron chi connectivity index (χ3n) is 9.86. The fraction of sp³-hybridized carbons (Fsp3) is 0.489. The van der Waals surface area contributed by atoms with Crippen molar-refractivity contribution in [3.63, 3.8) is 0 Å². The summed E-state index contributed by atoms with van der Waals surface area (Å²) in [7, 11) is 0. The van der Waals surface area contributed by atoms with Gasteiger partial charge in [0.05, 0.1) is 5.76 Å². The van der Waals surface area contributed by atoms with E-state index in [-0.39, 0.29) is 54.3 Å². The Labute approximate surface area is 332 Å². The van der Waals surface area contributed by atoms with E-state index >= 15 is 0 Å². The maximum Gasteiger partial charge on any atom is 0.162 e. The zero-order valence-corrected chi connectivity index (χ0v) is 37.3. The van der Waals surface area contributed by atoms with Crippen LogP contribution in [0, 0.1) is 47.0 Å². The molecule has 0 fully saturated rings. The number of aliphatic hydroxyl groups excluding tert-OH is 1. The average Bonchev–Trinajstić information content (AvgIpc) is 3.36. The molecule has 1 radical (unpaired) electrons. The quantitative estimate of drug-likeness (QED) is 0.0911. The van der Waals surface area contributed by atoms with Gasteiger partial charge >= 0.3 is 0 Å². The smallest absolute Gasteiger partial charge is 0.162 e. The van der Waals surface area contributed by atoms with Crippen LogP contribution in [0.5, 0.6) is 0 Å². The molecule has 0 amide bonds. The van der Waals surface area contributed by atoms with Crippen molar-refractivity contribution in [2.24, 2.45) is 40.9 Å². The zero-order chi connectivity index (χ0) is 38.0. The molecule has 1 N–H and O–H groups in total. The second-order valence-corrected chi connectivity index (χ2v) is 19.1. The SMILES string of the molecule is CC(C)(C)Cc1ccc2c(c1)sc1c(-c3[c-]c4ccccc4c(C(C)(C)C)c3)nccc12.CC(C)C(C(=O)/C=C(\O)C(C(C)C)C(C)C)C(C)C.[Ir]. The third kappa shape index (κ3) is 10.4. The van der Waals surface area contributed by atoms with Crippen molar-refractivity contribution in [2.75, 3.05) is 0 Å². The van der Waals surface area contributed by atoms with Crippen LogP contribution in [0.3, 0.4) is 0 Å². The van der Waals surface area contributed by atoms with Crippen molar-refractivity contribution in [1.29, 1.82) is 0 Å². The van der Waals surface area contributed by atoms with Gasteiger partial charge in [0.2, 0.25) is 0 Å².